The van der Waals surface area contributed by atoms with Crippen LogP contribution in [0.25, 0.3) is 0 Å². The van der Waals surface area contributed by atoms with E-state index in [1.54, 1.807) is 11.3 Å². The predicted molar refractivity (Wildman–Crippen MR) is 66.2 cm³/mol. The molecule has 0 radical (unpaired) electrons. The van der Waals surface area contributed by atoms with E-state index in [-0.39, 0.29) is 0 Å². The first-order valence-corrected chi connectivity index (χ1v) is 6.61. The van der Waals surface area contributed by atoms with Crippen LogP contribution in [-0.4, -0.2) is 36.1 Å². The third-order valence-corrected chi connectivity index (χ3v) is 3.15. The molecule has 0 saturated carbocycles. The first-order valence-electron chi connectivity index (χ1n) is 5.67. The monoisotopic (exact) mass is 227 g/mol. The summed E-state index contributed by atoms with van der Waals surface area (Å²) in [5, 5.41) is 5.50. The Morgan fingerprint density at radius 2 is 2.20 bits per heavy atom. The average Bonchev–Trinajstić information content (AvgIpc) is 2.76. The maximum atomic E-state index is 4.23. The third kappa shape index (κ3) is 5.25. The van der Waals surface area contributed by atoms with Gasteiger partial charge in [0.2, 0.25) is 0 Å². The lowest BCUT2D eigenvalue weighted by Gasteiger charge is -2.17. The van der Waals surface area contributed by atoms with E-state index in [4.69, 9.17) is 0 Å². The van der Waals surface area contributed by atoms with E-state index in [0.29, 0.717) is 0 Å². The van der Waals surface area contributed by atoms with Gasteiger partial charge in [0.05, 0.1) is 11.2 Å². The van der Waals surface area contributed by atoms with Crippen molar-refractivity contribution < 1.29 is 0 Å². The van der Waals surface area contributed by atoms with Crippen molar-refractivity contribution in [3.05, 3.63) is 16.6 Å². The summed E-state index contributed by atoms with van der Waals surface area (Å²) in [6, 6.07) is 0. The lowest BCUT2D eigenvalue weighted by molar-refractivity contribution is 0.298. The van der Waals surface area contributed by atoms with E-state index in [1.165, 1.54) is 13.0 Å². The van der Waals surface area contributed by atoms with Crippen LogP contribution in [-0.2, 0) is 6.54 Å². The Morgan fingerprint density at radius 3 is 2.80 bits per heavy atom. The Hall–Kier alpha value is -0.450. The van der Waals surface area contributed by atoms with Gasteiger partial charge >= 0.3 is 0 Å². The van der Waals surface area contributed by atoms with E-state index < -0.39 is 0 Å². The highest BCUT2D eigenvalue weighted by Gasteiger charge is 1.98. The first kappa shape index (κ1) is 12.6. The highest BCUT2D eigenvalue weighted by molar-refractivity contribution is 7.07. The summed E-state index contributed by atoms with van der Waals surface area (Å²) in [6.07, 6.45) is 1.21. The largest absolute Gasteiger partial charge is 0.311 e. The summed E-state index contributed by atoms with van der Waals surface area (Å²) in [4.78, 5) is 6.68. The molecule has 0 aliphatic heterocycles. The lowest BCUT2D eigenvalue weighted by Crippen LogP contribution is -2.27. The third-order valence-electron chi connectivity index (χ3n) is 2.51. The highest BCUT2D eigenvalue weighted by Crippen LogP contribution is 1.99. The maximum Gasteiger partial charge on any atom is 0.0795 e. The molecule has 0 bridgehead atoms. The molecule has 0 aliphatic carbocycles. The van der Waals surface area contributed by atoms with Crippen LogP contribution in [0, 0.1) is 0 Å². The quantitative estimate of drug-likeness (QED) is 0.688. The van der Waals surface area contributed by atoms with Crippen molar-refractivity contribution in [2.24, 2.45) is 0 Å². The van der Waals surface area contributed by atoms with Crippen molar-refractivity contribution in [1.29, 1.82) is 0 Å². The van der Waals surface area contributed by atoms with E-state index in [2.05, 4.69) is 34.4 Å². The number of nitrogens with zero attached hydrogens (tertiary/aromatic N) is 2. The molecule has 4 heteroatoms. The van der Waals surface area contributed by atoms with Crippen molar-refractivity contribution in [3.8, 4) is 0 Å². The predicted octanol–water partition coefficient (Wildman–Crippen LogP) is 1.96. The molecule has 0 fully saturated rings. The molecule has 0 saturated heterocycles. The second kappa shape index (κ2) is 7.79. The number of hydrogen-bond acceptors (Lipinski definition) is 4. The molecule has 15 heavy (non-hydrogen) atoms. The SMILES string of the molecule is CCN(CC)CCCNCc1cscn1. The summed E-state index contributed by atoms with van der Waals surface area (Å²) in [6.45, 7) is 9.91. The minimum Gasteiger partial charge on any atom is -0.311 e. The van der Waals surface area contributed by atoms with E-state index in [9.17, 15) is 0 Å². The summed E-state index contributed by atoms with van der Waals surface area (Å²) < 4.78 is 0. The number of aromatic nitrogens is 1. The van der Waals surface area contributed by atoms with Gasteiger partial charge in [0.1, 0.15) is 0 Å². The average molecular weight is 227 g/mol. The fourth-order valence-electron chi connectivity index (χ4n) is 1.51. The minimum absolute atomic E-state index is 0.905. The summed E-state index contributed by atoms with van der Waals surface area (Å²) in [5.41, 5.74) is 3.04. The molecule has 1 N–H and O–H groups in total. The number of thiazole rings is 1. The van der Waals surface area contributed by atoms with Crippen LogP contribution in [0.4, 0.5) is 0 Å². The van der Waals surface area contributed by atoms with Gasteiger partial charge in [-0.1, -0.05) is 13.8 Å². The van der Waals surface area contributed by atoms with Crippen LogP contribution in [0.1, 0.15) is 26.0 Å². The summed E-state index contributed by atoms with van der Waals surface area (Å²) >= 11 is 1.66. The molecule has 3 nitrogen and oxygen atoms in total. The van der Waals surface area contributed by atoms with Crippen molar-refractivity contribution in [1.82, 2.24) is 15.2 Å². The van der Waals surface area contributed by atoms with Crippen LogP contribution in [0.5, 0.6) is 0 Å². The van der Waals surface area contributed by atoms with E-state index in [1.807, 2.05) is 5.51 Å². The molecule has 1 aromatic heterocycles. The fourth-order valence-corrected chi connectivity index (χ4v) is 2.07. The molecule has 1 heterocycles. The summed E-state index contributed by atoms with van der Waals surface area (Å²) in [5.74, 6) is 0. The smallest absolute Gasteiger partial charge is 0.0795 e. The molecule has 0 aliphatic rings. The van der Waals surface area contributed by atoms with Crippen molar-refractivity contribution in [2.45, 2.75) is 26.8 Å². The molecule has 1 aromatic rings. The van der Waals surface area contributed by atoms with Gasteiger partial charge in [-0.15, -0.1) is 11.3 Å². The maximum absolute atomic E-state index is 4.23. The zero-order chi connectivity index (χ0) is 10.9. The number of hydrogen-bond donors (Lipinski definition) is 1. The minimum atomic E-state index is 0.905. The molecule has 86 valence electrons. The highest BCUT2D eigenvalue weighted by atomic mass is 32.1. The van der Waals surface area contributed by atoms with E-state index >= 15 is 0 Å². The van der Waals surface area contributed by atoms with Crippen molar-refractivity contribution >= 4 is 11.3 Å². The van der Waals surface area contributed by atoms with Crippen LogP contribution < -0.4 is 5.32 Å². The molecule has 0 atom stereocenters. The number of rotatable bonds is 8. The first-order chi connectivity index (χ1) is 7.36. The Bertz CT molecular complexity index is 232. The lowest BCUT2D eigenvalue weighted by atomic mass is 10.3. The van der Waals surface area contributed by atoms with Gasteiger partial charge in [-0.25, -0.2) is 4.98 Å². The molecule has 0 amide bonds. The topological polar surface area (TPSA) is 28.2 Å². The molecular weight excluding hydrogens is 206 g/mol. The van der Waals surface area contributed by atoms with Gasteiger partial charge in [0.25, 0.3) is 0 Å². The Kier molecular flexibility index (Phi) is 6.55. The van der Waals surface area contributed by atoms with Gasteiger partial charge in [0, 0.05) is 11.9 Å². The number of nitrogens with one attached hydrogen (secondary N) is 1. The van der Waals surface area contributed by atoms with Gasteiger partial charge in [-0.2, -0.15) is 0 Å². The van der Waals surface area contributed by atoms with Crippen LogP contribution in [0.3, 0.4) is 0 Å². The Morgan fingerprint density at radius 1 is 1.40 bits per heavy atom. The second-order valence-corrected chi connectivity index (χ2v) is 4.26. The molecule has 1 rings (SSSR count). The summed E-state index contributed by atoms with van der Waals surface area (Å²) in [7, 11) is 0. The van der Waals surface area contributed by atoms with Gasteiger partial charge in [-0.05, 0) is 32.6 Å². The van der Waals surface area contributed by atoms with Crippen molar-refractivity contribution in [3.63, 3.8) is 0 Å². The van der Waals surface area contributed by atoms with Gasteiger partial charge in [0.15, 0.2) is 0 Å². The van der Waals surface area contributed by atoms with Crippen LogP contribution in [0.15, 0.2) is 10.9 Å². The molecular formula is C11H21N3S. The van der Waals surface area contributed by atoms with Crippen LogP contribution in [0.2, 0.25) is 0 Å². The van der Waals surface area contributed by atoms with Crippen molar-refractivity contribution in [2.75, 3.05) is 26.2 Å². The molecule has 0 aromatic carbocycles. The zero-order valence-corrected chi connectivity index (χ0v) is 10.5. The van der Waals surface area contributed by atoms with Crippen LogP contribution >= 0.6 is 11.3 Å². The fraction of sp³-hybridized carbons (Fsp3) is 0.727. The van der Waals surface area contributed by atoms with Gasteiger partial charge < -0.3 is 10.2 Å². The Labute approximate surface area is 96.5 Å². The normalized spacial score (nSPS) is 11.1. The molecule has 0 spiro atoms. The standard InChI is InChI=1S/C11H21N3S/c1-3-14(4-2)7-5-6-12-8-11-9-15-10-13-11/h9-10,12H,3-8H2,1-2H3. The second-order valence-electron chi connectivity index (χ2n) is 3.54. The zero-order valence-electron chi connectivity index (χ0n) is 9.70. The molecule has 0 unspecified atom stereocenters. The van der Waals surface area contributed by atoms with Gasteiger partial charge in [-0.3, -0.25) is 0 Å². The van der Waals surface area contributed by atoms with E-state index in [0.717, 1.165) is 31.9 Å². The Balaban J connectivity index is 1.97.